The summed E-state index contributed by atoms with van der Waals surface area (Å²) in [6.07, 6.45) is 2.93. The van der Waals surface area contributed by atoms with Crippen molar-refractivity contribution in [1.82, 2.24) is 4.98 Å². The Hall–Kier alpha value is -2.86. The van der Waals surface area contributed by atoms with Gasteiger partial charge in [0.1, 0.15) is 0 Å². The zero-order valence-electron chi connectivity index (χ0n) is 12.6. The molecule has 24 heavy (non-hydrogen) atoms. The molecule has 2 aromatic carbocycles. The molecule has 0 saturated heterocycles. The number of aromatic nitrogens is 1. The minimum Gasteiger partial charge on any atom is -0.359 e. The van der Waals surface area contributed by atoms with E-state index in [0.29, 0.717) is 16.9 Å². The van der Waals surface area contributed by atoms with Crippen molar-refractivity contribution in [2.24, 2.45) is 0 Å². The minimum absolute atomic E-state index is 0.256. The lowest BCUT2D eigenvalue weighted by Gasteiger charge is -2.07. The van der Waals surface area contributed by atoms with Crippen LogP contribution in [0.1, 0.15) is 10.4 Å². The van der Waals surface area contributed by atoms with Crippen LogP contribution in [0.15, 0.2) is 65.8 Å². The number of amides is 2. The lowest BCUT2D eigenvalue weighted by Crippen LogP contribution is -2.13. The van der Waals surface area contributed by atoms with E-state index in [4.69, 9.17) is 0 Å². The SMILES string of the molecule is C=CC(=O)Nc1cccc(C(=O)Nc2c[nH]c3cc(Br)ccc23)c1. The van der Waals surface area contributed by atoms with Gasteiger partial charge in [0.25, 0.3) is 5.91 Å². The average molecular weight is 384 g/mol. The van der Waals surface area contributed by atoms with Gasteiger partial charge in [-0.1, -0.05) is 28.6 Å². The zero-order chi connectivity index (χ0) is 17.1. The van der Waals surface area contributed by atoms with Crippen molar-refractivity contribution in [3.8, 4) is 0 Å². The van der Waals surface area contributed by atoms with E-state index in [1.807, 2.05) is 18.2 Å². The van der Waals surface area contributed by atoms with E-state index in [-0.39, 0.29) is 11.8 Å². The third kappa shape index (κ3) is 3.38. The van der Waals surface area contributed by atoms with E-state index in [2.05, 4.69) is 38.1 Å². The molecular weight excluding hydrogens is 370 g/mol. The molecule has 1 heterocycles. The summed E-state index contributed by atoms with van der Waals surface area (Å²) in [5.41, 5.74) is 2.61. The highest BCUT2D eigenvalue weighted by molar-refractivity contribution is 9.10. The van der Waals surface area contributed by atoms with Gasteiger partial charge in [-0.3, -0.25) is 9.59 Å². The quantitative estimate of drug-likeness (QED) is 0.587. The van der Waals surface area contributed by atoms with Gasteiger partial charge in [0.2, 0.25) is 5.91 Å². The van der Waals surface area contributed by atoms with E-state index in [9.17, 15) is 9.59 Å². The number of fused-ring (bicyclic) bond motifs is 1. The van der Waals surface area contributed by atoms with Crippen LogP contribution in [-0.2, 0) is 4.79 Å². The summed E-state index contributed by atoms with van der Waals surface area (Å²) in [6.45, 7) is 3.40. The number of H-pyrrole nitrogens is 1. The third-order valence-electron chi connectivity index (χ3n) is 3.47. The first-order valence-electron chi connectivity index (χ1n) is 7.18. The largest absolute Gasteiger partial charge is 0.359 e. The van der Waals surface area contributed by atoms with E-state index in [1.165, 1.54) is 6.08 Å². The first-order valence-corrected chi connectivity index (χ1v) is 7.97. The van der Waals surface area contributed by atoms with Crippen LogP contribution in [0.3, 0.4) is 0 Å². The number of hydrogen-bond acceptors (Lipinski definition) is 2. The Morgan fingerprint density at radius 2 is 1.96 bits per heavy atom. The van der Waals surface area contributed by atoms with Crippen molar-refractivity contribution in [2.75, 3.05) is 10.6 Å². The summed E-state index contributed by atoms with van der Waals surface area (Å²) in [5.74, 6) is -0.580. The molecule has 0 unspecified atom stereocenters. The standard InChI is InChI=1S/C18H14BrN3O2/c1-2-17(23)21-13-5-3-4-11(8-13)18(24)22-16-10-20-15-9-12(19)6-7-14(15)16/h2-10,20H,1H2,(H,21,23)(H,22,24). The second-order valence-electron chi connectivity index (χ2n) is 5.12. The molecule has 0 aliphatic heterocycles. The molecule has 0 radical (unpaired) electrons. The first kappa shape index (κ1) is 16.0. The molecule has 6 heteroatoms. The number of benzene rings is 2. The van der Waals surface area contributed by atoms with Gasteiger partial charge >= 0.3 is 0 Å². The maximum Gasteiger partial charge on any atom is 0.255 e. The topological polar surface area (TPSA) is 74.0 Å². The number of carbonyl (C=O) groups is 2. The number of hydrogen-bond donors (Lipinski definition) is 3. The number of aromatic amines is 1. The summed E-state index contributed by atoms with van der Waals surface area (Å²) in [5, 5.41) is 6.43. The summed E-state index contributed by atoms with van der Waals surface area (Å²) in [6, 6.07) is 12.5. The van der Waals surface area contributed by atoms with Crippen LogP contribution in [0.4, 0.5) is 11.4 Å². The van der Waals surface area contributed by atoms with Gasteiger partial charge in [-0.25, -0.2) is 0 Å². The molecular formula is C18H14BrN3O2. The van der Waals surface area contributed by atoms with Gasteiger partial charge in [-0.15, -0.1) is 0 Å². The third-order valence-corrected chi connectivity index (χ3v) is 3.96. The van der Waals surface area contributed by atoms with Crippen LogP contribution in [0, 0.1) is 0 Å². The normalized spacial score (nSPS) is 10.4. The summed E-state index contributed by atoms with van der Waals surface area (Å²) in [7, 11) is 0. The number of anilines is 2. The molecule has 0 bridgehead atoms. The van der Waals surface area contributed by atoms with Crippen LogP contribution in [0.25, 0.3) is 10.9 Å². The number of nitrogens with one attached hydrogen (secondary N) is 3. The fourth-order valence-corrected chi connectivity index (χ4v) is 2.69. The molecule has 3 N–H and O–H groups in total. The second-order valence-corrected chi connectivity index (χ2v) is 6.04. The number of carbonyl (C=O) groups excluding carboxylic acids is 2. The molecule has 0 spiro atoms. The molecule has 0 aliphatic rings. The molecule has 0 aliphatic carbocycles. The van der Waals surface area contributed by atoms with Crippen LogP contribution in [0.2, 0.25) is 0 Å². The van der Waals surface area contributed by atoms with E-state index >= 15 is 0 Å². The highest BCUT2D eigenvalue weighted by Crippen LogP contribution is 2.26. The predicted molar refractivity (Wildman–Crippen MR) is 99.2 cm³/mol. The molecule has 1 aromatic heterocycles. The van der Waals surface area contributed by atoms with Gasteiger partial charge < -0.3 is 15.6 Å². The van der Waals surface area contributed by atoms with Gasteiger partial charge in [0.15, 0.2) is 0 Å². The van der Waals surface area contributed by atoms with Crippen molar-refractivity contribution in [3.63, 3.8) is 0 Å². The molecule has 0 fully saturated rings. The Kier molecular flexibility index (Phi) is 4.48. The van der Waals surface area contributed by atoms with Crippen molar-refractivity contribution in [1.29, 1.82) is 0 Å². The average Bonchev–Trinajstić information content (AvgIpc) is 2.96. The maximum absolute atomic E-state index is 12.5. The predicted octanol–water partition coefficient (Wildman–Crippen LogP) is 4.31. The van der Waals surface area contributed by atoms with Gasteiger partial charge in [-0.2, -0.15) is 0 Å². The van der Waals surface area contributed by atoms with E-state index < -0.39 is 0 Å². The zero-order valence-corrected chi connectivity index (χ0v) is 14.2. The van der Waals surface area contributed by atoms with Crippen LogP contribution < -0.4 is 10.6 Å². The summed E-state index contributed by atoms with van der Waals surface area (Å²) in [4.78, 5) is 26.9. The number of halogens is 1. The fourth-order valence-electron chi connectivity index (χ4n) is 2.33. The highest BCUT2D eigenvalue weighted by atomic mass is 79.9. The summed E-state index contributed by atoms with van der Waals surface area (Å²) < 4.78 is 0.959. The molecule has 3 rings (SSSR count). The molecule has 5 nitrogen and oxygen atoms in total. The van der Waals surface area contributed by atoms with Crippen molar-refractivity contribution >= 4 is 50.0 Å². The van der Waals surface area contributed by atoms with Crippen molar-refractivity contribution < 1.29 is 9.59 Å². The molecule has 3 aromatic rings. The molecule has 120 valence electrons. The molecule has 0 atom stereocenters. The minimum atomic E-state index is -0.324. The Bertz CT molecular complexity index is 946. The van der Waals surface area contributed by atoms with E-state index in [1.54, 1.807) is 30.5 Å². The second kappa shape index (κ2) is 6.72. The Morgan fingerprint density at radius 3 is 2.75 bits per heavy atom. The molecule has 2 amide bonds. The van der Waals surface area contributed by atoms with Crippen LogP contribution >= 0.6 is 15.9 Å². The Labute approximate surface area is 146 Å². The highest BCUT2D eigenvalue weighted by Gasteiger charge is 2.11. The van der Waals surface area contributed by atoms with E-state index in [0.717, 1.165) is 15.4 Å². The maximum atomic E-state index is 12.5. The smallest absolute Gasteiger partial charge is 0.255 e. The van der Waals surface area contributed by atoms with Crippen molar-refractivity contribution in [2.45, 2.75) is 0 Å². The Balaban J connectivity index is 1.82. The van der Waals surface area contributed by atoms with Gasteiger partial charge in [0, 0.05) is 32.8 Å². The molecule has 0 saturated carbocycles. The van der Waals surface area contributed by atoms with Gasteiger partial charge in [-0.05, 0) is 42.5 Å². The monoisotopic (exact) mass is 383 g/mol. The summed E-state index contributed by atoms with van der Waals surface area (Å²) >= 11 is 3.41. The van der Waals surface area contributed by atoms with Crippen LogP contribution in [-0.4, -0.2) is 16.8 Å². The fraction of sp³-hybridized carbons (Fsp3) is 0. The first-order chi connectivity index (χ1) is 11.6. The van der Waals surface area contributed by atoms with Crippen LogP contribution in [0.5, 0.6) is 0 Å². The van der Waals surface area contributed by atoms with Crippen molar-refractivity contribution in [3.05, 3.63) is 71.4 Å². The number of rotatable bonds is 4. The lowest BCUT2D eigenvalue weighted by atomic mass is 10.1. The Morgan fingerprint density at radius 1 is 1.12 bits per heavy atom. The van der Waals surface area contributed by atoms with Gasteiger partial charge in [0.05, 0.1) is 5.69 Å². The lowest BCUT2D eigenvalue weighted by molar-refractivity contribution is -0.111.